The van der Waals surface area contributed by atoms with Crippen molar-refractivity contribution < 1.29 is 35.9 Å². The topological polar surface area (TPSA) is 49.2 Å². The molecule has 1 N–H and O–H groups in total. The Hall–Kier alpha value is -3.46. The highest BCUT2D eigenvalue weighted by atomic mass is 19.4. The van der Waals surface area contributed by atoms with Gasteiger partial charge >= 0.3 is 12.4 Å². The lowest BCUT2D eigenvalue weighted by molar-refractivity contribution is -0.139. The van der Waals surface area contributed by atoms with Crippen LogP contribution in [-0.2, 0) is 21.9 Å². The maximum absolute atomic E-state index is 13.3. The highest BCUT2D eigenvalue weighted by Gasteiger charge is 2.35. The Morgan fingerprint density at radius 3 is 2.20 bits per heavy atom. The van der Waals surface area contributed by atoms with Crippen molar-refractivity contribution in [2.75, 3.05) is 43.0 Å². The molecule has 2 aromatic rings. The number of halogens is 6. The van der Waals surface area contributed by atoms with Crippen LogP contribution in [0.15, 0.2) is 36.4 Å². The molecule has 1 aliphatic heterocycles. The second-order valence-electron chi connectivity index (χ2n) is 10.1. The molecule has 12 heteroatoms. The van der Waals surface area contributed by atoms with Crippen LogP contribution in [0.1, 0.15) is 42.4 Å². The molecule has 1 amide bonds. The Morgan fingerprint density at radius 2 is 1.60 bits per heavy atom. The van der Waals surface area contributed by atoms with Crippen molar-refractivity contribution in [1.29, 1.82) is 0 Å². The molecular weight excluding hydrogens is 538 g/mol. The smallest absolute Gasteiger partial charge is 0.382 e. The van der Waals surface area contributed by atoms with Gasteiger partial charge in [-0.3, -0.25) is 4.79 Å². The van der Waals surface area contributed by atoms with Crippen LogP contribution in [-0.4, -0.2) is 55.7 Å². The summed E-state index contributed by atoms with van der Waals surface area (Å²) in [5.41, 5.74) is -1.12. The number of carbonyl (C=O) groups is 1. The monoisotopic (exact) mass is 568 g/mol. The van der Waals surface area contributed by atoms with E-state index in [1.165, 1.54) is 25.1 Å². The molecule has 0 atom stereocenters. The SMILES string of the molecule is [C-]#[N+]c1ccc(N2CCN(C(=O)COC3CCC(Nc4ccc(C)c(C(F)(F)F)c4)CC3)CC2)cc1C(F)(F)F. The zero-order valence-electron chi connectivity index (χ0n) is 21.9. The first-order chi connectivity index (χ1) is 18.8. The Labute approximate surface area is 228 Å². The van der Waals surface area contributed by atoms with E-state index in [1.807, 2.05) is 0 Å². The molecule has 0 spiro atoms. The van der Waals surface area contributed by atoms with E-state index in [9.17, 15) is 31.1 Å². The molecule has 1 saturated carbocycles. The number of nitrogens with one attached hydrogen (secondary N) is 1. The number of anilines is 2. The van der Waals surface area contributed by atoms with E-state index < -0.39 is 29.2 Å². The Kier molecular flexibility index (Phi) is 8.83. The molecule has 2 aromatic carbocycles. The third-order valence-corrected chi connectivity index (χ3v) is 7.43. The predicted octanol–water partition coefficient (Wildman–Crippen LogP) is 6.67. The third kappa shape index (κ3) is 7.18. The minimum Gasteiger partial charge on any atom is -0.382 e. The van der Waals surface area contributed by atoms with Crippen LogP contribution in [0.3, 0.4) is 0 Å². The zero-order chi connectivity index (χ0) is 29.1. The van der Waals surface area contributed by atoms with Crippen LogP contribution in [0.4, 0.5) is 43.4 Å². The van der Waals surface area contributed by atoms with Gasteiger partial charge in [0.2, 0.25) is 5.91 Å². The van der Waals surface area contributed by atoms with E-state index >= 15 is 0 Å². The molecule has 1 saturated heterocycles. The number of aryl methyl sites for hydroxylation is 1. The molecule has 1 heterocycles. The largest absolute Gasteiger partial charge is 0.416 e. The molecule has 216 valence electrons. The minimum absolute atomic E-state index is 0.00846. The molecule has 1 aliphatic carbocycles. The first-order valence-electron chi connectivity index (χ1n) is 13.0. The van der Waals surface area contributed by atoms with Gasteiger partial charge in [0.05, 0.1) is 23.8 Å². The second-order valence-corrected chi connectivity index (χ2v) is 10.1. The van der Waals surface area contributed by atoms with Crippen LogP contribution < -0.4 is 10.2 Å². The summed E-state index contributed by atoms with van der Waals surface area (Å²) in [6, 6.07) is 7.87. The number of nitrogens with zero attached hydrogens (tertiary/aromatic N) is 3. The summed E-state index contributed by atoms with van der Waals surface area (Å²) >= 11 is 0. The zero-order valence-corrected chi connectivity index (χ0v) is 21.9. The Bertz CT molecular complexity index is 1240. The number of alkyl halides is 6. The van der Waals surface area contributed by atoms with Crippen LogP contribution in [0, 0.1) is 13.5 Å². The summed E-state index contributed by atoms with van der Waals surface area (Å²) in [6.45, 7) is 9.67. The summed E-state index contributed by atoms with van der Waals surface area (Å²) in [6.07, 6.45) is -6.45. The number of hydrogen-bond acceptors (Lipinski definition) is 4. The van der Waals surface area contributed by atoms with E-state index in [0.29, 0.717) is 63.2 Å². The predicted molar refractivity (Wildman–Crippen MR) is 138 cm³/mol. The van der Waals surface area contributed by atoms with Gasteiger partial charge in [-0.15, -0.1) is 0 Å². The van der Waals surface area contributed by atoms with Gasteiger partial charge in [-0.1, -0.05) is 12.1 Å². The maximum atomic E-state index is 13.3. The van der Waals surface area contributed by atoms with Crippen molar-refractivity contribution >= 4 is 23.0 Å². The number of benzene rings is 2. The number of rotatable bonds is 6. The minimum atomic E-state index is -4.63. The van der Waals surface area contributed by atoms with E-state index in [0.717, 1.165) is 12.1 Å². The van der Waals surface area contributed by atoms with Gasteiger partial charge in [0.1, 0.15) is 6.61 Å². The fourth-order valence-corrected chi connectivity index (χ4v) is 5.17. The van der Waals surface area contributed by atoms with Gasteiger partial charge in [-0.2, -0.15) is 26.3 Å². The van der Waals surface area contributed by atoms with Gasteiger partial charge in [0.25, 0.3) is 0 Å². The van der Waals surface area contributed by atoms with Crippen LogP contribution in [0.5, 0.6) is 0 Å². The fourth-order valence-electron chi connectivity index (χ4n) is 5.17. The second kappa shape index (κ2) is 12.0. The summed E-state index contributed by atoms with van der Waals surface area (Å²) in [7, 11) is 0. The van der Waals surface area contributed by atoms with E-state index in [4.69, 9.17) is 11.3 Å². The lowest BCUT2D eigenvalue weighted by Gasteiger charge is -2.37. The molecule has 0 bridgehead atoms. The number of hydrogen-bond donors (Lipinski definition) is 1. The Morgan fingerprint density at radius 1 is 0.950 bits per heavy atom. The van der Waals surface area contributed by atoms with Crippen molar-refractivity contribution in [3.63, 3.8) is 0 Å². The van der Waals surface area contributed by atoms with Crippen LogP contribution in [0.25, 0.3) is 4.85 Å². The summed E-state index contributed by atoms with van der Waals surface area (Å²) in [4.78, 5) is 19.0. The molecule has 4 rings (SSSR count). The molecule has 0 radical (unpaired) electrons. The quantitative estimate of drug-likeness (QED) is 0.312. The third-order valence-electron chi connectivity index (χ3n) is 7.43. The number of piperazine rings is 1. The van der Waals surface area contributed by atoms with E-state index in [1.54, 1.807) is 15.9 Å². The average Bonchev–Trinajstić information content (AvgIpc) is 2.92. The van der Waals surface area contributed by atoms with Gasteiger partial charge in [-0.25, -0.2) is 4.85 Å². The summed E-state index contributed by atoms with van der Waals surface area (Å²) < 4.78 is 85.3. The number of carbonyl (C=O) groups excluding carboxylic acids is 1. The fraction of sp³-hybridized carbons (Fsp3) is 0.500. The van der Waals surface area contributed by atoms with Crippen LogP contribution >= 0.6 is 0 Å². The normalized spacial score (nSPS) is 20.2. The van der Waals surface area contributed by atoms with Crippen molar-refractivity contribution in [2.45, 2.75) is 57.1 Å². The number of ether oxygens (including phenoxy) is 1. The summed E-state index contributed by atoms with van der Waals surface area (Å²) in [5, 5.41) is 3.18. The standard InChI is InChI=1S/C28H30F6N4O2/c1-18-3-4-20(15-23(18)27(29,30)31)36-19-5-8-22(9-6-19)40-17-26(39)38-13-11-37(12-14-38)21-7-10-25(35-2)24(16-21)28(32,33)34/h3-4,7,10,15-16,19,22,36H,5-6,8-9,11-14,17H2,1H3. The van der Waals surface area contributed by atoms with Crippen molar-refractivity contribution in [2.24, 2.45) is 0 Å². The number of amides is 1. The van der Waals surface area contributed by atoms with Crippen LogP contribution in [0.2, 0.25) is 0 Å². The Balaban J connectivity index is 1.21. The summed E-state index contributed by atoms with van der Waals surface area (Å²) in [5.74, 6) is -0.196. The molecule has 0 unspecified atom stereocenters. The average molecular weight is 569 g/mol. The van der Waals surface area contributed by atoms with E-state index in [2.05, 4.69) is 10.2 Å². The first-order valence-corrected chi connectivity index (χ1v) is 13.0. The first kappa shape index (κ1) is 29.5. The lowest BCUT2D eigenvalue weighted by Crippen LogP contribution is -2.50. The molecule has 6 nitrogen and oxygen atoms in total. The molecule has 0 aromatic heterocycles. The lowest BCUT2D eigenvalue weighted by atomic mass is 9.92. The van der Waals surface area contributed by atoms with Crippen molar-refractivity contribution in [3.05, 3.63) is 64.5 Å². The molecule has 40 heavy (non-hydrogen) atoms. The highest BCUT2D eigenvalue weighted by molar-refractivity contribution is 5.78. The molecular formula is C28H30F6N4O2. The van der Waals surface area contributed by atoms with Crippen molar-refractivity contribution in [3.8, 4) is 0 Å². The maximum Gasteiger partial charge on any atom is 0.416 e. The highest BCUT2D eigenvalue weighted by Crippen LogP contribution is 2.39. The van der Waals surface area contributed by atoms with Gasteiger partial charge in [0, 0.05) is 43.6 Å². The van der Waals surface area contributed by atoms with Gasteiger partial charge in [0.15, 0.2) is 5.69 Å². The van der Waals surface area contributed by atoms with Crippen molar-refractivity contribution in [1.82, 2.24) is 4.90 Å². The molecule has 2 aliphatic rings. The van der Waals surface area contributed by atoms with Gasteiger partial charge in [-0.05, 0) is 62.4 Å². The van der Waals surface area contributed by atoms with E-state index in [-0.39, 0.29) is 30.2 Å². The van der Waals surface area contributed by atoms with Gasteiger partial charge < -0.3 is 19.9 Å². The molecule has 2 fully saturated rings.